The second-order valence-electron chi connectivity index (χ2n) is 5.49. The number of oxazole rings is 1. The Bertz CT molecular complexity index is 623. The van der Waals surface area contributed by atoms with Crippen LogP contribution in [-0.2, 0) is 9.53 Å². The number of amides is 1. The highest BCUT2D eigenvalue weighted by Gasteiger charge is 2.38. The Balaban J connectivity index is 0.00000192. The molecule has 1 fully saturated rings. The fourth-order valence-corrected chi connectivity index (χ4v) is 2.63. The zero-order chi connectivity index (χ0) is 15.4. The summed E-state index contributed by atoms with van der Waals surface area (Å²) >= 11 is 0. The highest BCUT2D eigenvalue weighted by molar-refractivity contribution is 5.95. The molecule has 0 atom stereocenters. The summed E-state index contributed by atoms with van der Waals surface area (Å²) in [6, 6.07) is 7.46. The monoisotopic (exact) mass is 337 g/mol. The van der Waals surface area contributed by atoms with Crippen molar-refractivity contribution in [3.05, 3.63) is 36.9 Å². The van der Waals surface area contributed by atoms with E-state index in [0.29, 0.717) is 38.4 Å². The van der Waals surface area contributed by atoms with E-state index in [1.165, 1.54) is 6.39 Å². The molecule has 1 aromatic heterocycles. The number of rotatable bonds is 4. The van der Waals surface area contributed by atoms with Crippen LogP contribution in [0.1, 0.15) is 12.8 Å². The van der Waals surface area contributed by atoms with Crippen molar-refractivity contribution in [1.29, 1.82) is 0 Å². The molecule has 1 aromatic carbocycles. The van der Waals surface area contributed by atoms with Gasteiger partial charge in [0.15, 0.2) is 12.2 Å². The predicted molar refractivity (Wildman–Crippen MR) is 89.4 cm³/mol. The molecule has 23 heavy (non-hydrogen) atoms. The topological polar surface area (TPSA) is 90.4 Å². The zero-order valence-electron chi connectivity index (χ0n) is 12.7. The molecule has 3 rings (SSSR count). The number of benzene rings is 1. The van der Waals surface area contributed by atoms with Crippen LogP contribution in [0.5, 0.6) is 0 Å². The van der Waals surface area contributed by atoms with Gasteiger partial charge in [0.1, 0.15) is 0 Å². The van der Waals surface area contributed by atoms with Crippen LogP contribution in [0, 0.1) is 5.41 Å². The summed E-state index contributed by atoms with van der Waals surface area (Å²) in [7, 11) is 0. The maximum atomic E-state index is 12.6. The Morgan fingerprint density at radius 3 is 2.52 bits per heavy atom. The van der Waals surface area contributed by atoms with Crippen LogP contribution < -0.4 is 11.1 Å². The quantitative estimate of drug-likeness (QED) is 0.894. The molecule has 2 aromatic rings. The molecule has 0 radical (unpaired) electrons. The number of halogens is 1. The van der Waals surface area contributed by atoms with Crippen LogP contribution in [0.15, 0.2) is 41.3 Å². The fraction of sp³-hybridized carbons (Fsp3) is 0.375. The highest BCUT2D eigenvalue weighted by Crippen LogP contribution is 2.31. The summed E-state index contributed by atoms with van der Waals surface area (Å²) in [6.45, 7) is 1.49. The third kappa shape index (κ3) is 3.72. The van der Waals surface area contributed by atoms with Gasteiger partial charge in [0.25, 0.3) is 0 Å². The summed E-state index contributed by atoms with van der Waals surface area (Å²) in [6.07, 6.45) is 4.36. The lowest BCUT2D eigenvalue weighted by Crippen LogP contribution is -2.46. The number of nitrogens with two attached hydrogens (primary N) is 1. The molecular weight excluding hydrogens is 318 g/mol. The van der Waals surface area contributed by atoms with Gasteiger partial charge in [0.2, 0.25) is 5.91 Å². The van der Waals surface area contributed by atoms with E-state index in [-0.39, 0.29) is 18.3 Å². The highest BCUT2D eigenvalue weighted by atomic mass is 35.5. The zero-order valence-corrected chi connectivity index (χ0v) is 13.5. The first kappa shape index (κ1) is 17.5. The van der Waals surface area contributed by atoms with Crippen molar-refractivity contribution in [2.45, 2.75) is 12.8 Å². The molecule has 6 nitrogen and oxygen atoms in total. The standard InChI is InChI=1S/C16H19N3O3.ClH/c17-10-16(5-7-21-8-6-16)15(20)19-13-3-1-12(2-4-13)14-9-18-11-22-14;/h1-4,9,11H,5-8,10,17H2,(H,19,20);1H. The minimum atomic E-state index is -0.526. The van der Waals surface area contributed by atoms with Gasteiger partial charge >= 0.3 is 0 Å². The Labute approximate surface area is 140 Å². The predicted octanol–water partition coefficient (Wildman–Crippen LogP) is 2.46. The van der Waals surface area contributed by atoms with Crippen molar-refractivity contribution in [3.8, 4) is 11.3 Å². The second kappa shape index (κ2) is 7.59. The van der Waals surface area contributed by atoms with Gasteiger partial charge in [-0.1, -0.05) is 0 Å². The molecule has 0 bridgehead atoms. The molecule has 0 saturated carbocycles. The van der Waals surface area contributed by atoms with Gasteiger partial charge in [-0.15, -0.1) is 12.4 Å². The van der Waals surface area contributed by atoms with Crippen molar-refractivity contribution in [3.63, 3.8) is 0 Å². The molecule has 1 amide bonds. The Morgan fingerprint density at radius 1 is 1.26 bits per heavy atom. The summed E-state index contributed by atoms with van der Waals surface area (Å²) in [5.41, 5.74) is 6.97. The van der Waals surface area contributed by atoms with E-state index in [1.807, 2.05) is 24.3 Å². The number of anilines is 1. The number of carbonyl (C=O) groups is 1. The molecular formula is C16H20ClN3O3. The average molecular weight is 338 g/mol. The smallest absolute Gasteiger partial charge is 0.232 e. The third-order valence-corrected chi connectivity index (χ3v) is 4.18. The average Bonchev–Trinajstić information content (AvgIpc) is 3.10. The fourth-order valence-electron chi connectivity index (χ4n) is 2.63. The van der Waals surface area contributed by atoms with Gasteiger partial charge in [-0.3, -0.25) is 4.79 Å². The Hall–Kier alpha value is -1.89. The summed E-state index contributed by atoms with van der Waals surface area (Å²) < 4.78 is 10.6. The number of carbonyl (C=O) groups excluding carboxylic acids is 1. The van der Waals surface area contributed by atoms with E-state index in [2.05, 4.69) is 10.3 Å². The van der Waals surface area contributed by atoms with Crippen LogP contribution in [0.25, 0.3) is 11.3 Å². The van der Waals surface area contributed by atoms with E-state index in [1.54, 1.807) is 6.20 Å². The molecule has 0 spiro atoms. The minimum absolute atomic E-state index is 0. The maximum Gasteiger partial charge on any atom is 0.232 e. The minimum Gasteiger partial charge on any atom is -0.444 e. The number of hydrogen-bond acceptors (Lipinski definition) is 5. The van der Waals surface area contributed by atoms with Crippen molar-refractivity contribution in [1.82, 2.24) is 4.98 Å². The van der Waals surface area contributed by atoms with Crippen LogP contribution in [0.3, 0.4) is 0 Å². The van der Waals surface area contributed by atoms with Crippen molar-refractivity contribution in [2.75, 3.05) is 25.1 Å². The van der Waals surface area contributed by atoms with Gasteiger partial charge < -0.3 is 20.2 Å². The Morgan fingerprint density at radius 2 is 1.96 bits per heavy atom. The number of aromatic nitrogens is 1. The molecule has 0 unspecified atom stereocenters. The molecule has 1 saturated heterocycles. The van der Waals surface area contributed by atoms with E-state index < -0.39 is 5.41 Å². The van der Waals surface area contributed by atoms with Gasteiger partial charge in [-0.25, -0.2) is 4.98 Å². The van der Waals surface area contributed by atoms with Crippen LogP contribution in [0.2, 0.25) is 0 Å². The number of hydrogen-bond donors (Lipinski definition) is 2. The molecule has 7 heteroatoms. The number of ether oxygens (including phenoxy) is 1. The first-order valence-electron chi connectivity index (χ1n) is 7.32. The van der Waals surface area contributed by atoms with Crippen molar-refractivity contribution < 1.29 is 13.9 Å². The lowest BCUT2D eigenvalue weighted by atomic mass is 9.79. The molecule has 2 heterocycles. The Kier molecular flexibility index (Phi) is 5.76. The van der Waals surface area contributed by atoms with Crippen molar-refractivity contribution >= 4 is 24.0 Å². The number of nitrogens with one attached hydrogen (secondary N) is 1. The van der Waals surface area contributed by atoms with E-state index >= 15 is 0 Å². The maximum absolute atomic E-state index is 12.6. The molecule has 1 aliphatic heterocycles. The van der Waals surface area contributed by atoms with Gasteiger partial charge in [-0.2, -0.15) is 0 Å². The van der Waals surface area contributed by atoms with Crippen molar-refractivity contribution in [2.24, 2.45) is 11.1 Å². The summed E-state index contributed by atoms with van der Waals surface area (Å²) in [5.74, 6) is 0.659. The van der Waals surface area contributed by atoms with Gasteiger partial charge in [0.05, 0.1) is 11.6 Å². The normalized spacial score (nSPS) is 16.4. The second-order valence-corrected chi connectivity index (χ2v) is 5.49. The lowest BCUT2D eigenvalue weighted by molar-refractivity contribution is -0.130. The van der Waals surface area contributed by atoms with Gasteiger partial charge in [0, 0.05) is 31.0 Å². The largest absolute Gasteiger partial charge is 0.444 e. The first-order chi connectivity index (χ1) is 10.7. The summed E-state index contributed by atoms with van der Waals surface area (Å²) in [5, 5.41) is 2.96. The van der Waals surface area contributed by atoms with E-state index in [9.17, 15) is 4.79 Å². The van der Waals surface area contributed by atoms with Gasteiger partial charge in [-0.05, 0) is 37.1 Å². The third-order valence-electron chi connectivity index (χ3n) is 4.18. The van der Waals surface area contributed by atoms with Crippen LogP contribution in [0.4, 0.5) is 5.69 Å². The van der Waals surface area contributed by atoms with E-state index in [0.717, 1.165) is 11.3 Å². The number of nitrogens with zero attached hydrogens (tertiary/aromatic N) is 1. The molecule has 124 valence electrons. The first-order valence-corrected chi connectivity index (χ1v) is 7.32. The summed E-state index contributed by atoms with van der Waals surface area (Å²) in [4.78, 5) is 16.4. The molecule has 0 aliphatic carbocycles. The lowest BCUT2D eigenvalue weighted by Gasteiger charge is -2.34. The van der Waals surface area contributed by atoms with E-state index in [4.69, 9.17) is 14.9 Å². The van der Waals surface area contributed by atoms with Crippen LogP contribution >= 0.6 is 12.4 Å². The molecule has 3 N–H and O–H groups in total. The molecule has 1 aliphatic rings. The SMILES string of the molecule is Cl.NCC1(C(=O)Nc2ccc(-c3cnco3)cc2)CCOCC1. The van der Waals surface area contributed by atoms with Crippen LogP contribution in [-0.4, -0.2) is 30.6 Å².